The molecule has 3 aromatic rings. The number of sulfone groups is 1. The number of nitrogens with zero attached hydrogens (tertiary/aromatic N) is 1. The maximum absolute atomic E-state index is 13.4. The topological polar surface area (TPSA) is 85.4 Å². The molecule has 1 fully saturated rings. The maximum atomic E-state index is 13.4. The van der Waals surface area contributed by atoms with Gasteiger partial charge in [0.15, 0.2) is 20.1 Å². The number of carbonyl (C=O) groups excluding carboxylic acids is 1. The summed E-state index contributed by atoms with van der Waals surface area (Å²) in [6.07, 6.45) is 2.57. The highest BCUT2D eigenvalue weighted by atomic mass is 35.5. The zero-order chi connectivity index (χ0) is 22.7. The van der Waals surface area contributed by atoms with Crippen LogP contribution in [0, 0.1) is 5.13 Å². The summed E-state index contributed by atoms with van der Waals surface area (Å²) < 4.78 is 46.1. The normalized spacial score (nSPS) is 15.4. The van der Waals surface area contributed by atoms with Crippen molar-refractivity contribution in [2.24, 2.45) is 0 Å². The molecule has 32 heavy (non-hydrogen) atoms. The van der Waals surface area contributed by atoms with Crippen LogP contribution in [0.5, 0.6) is 5.75 Å². The van der Waals surface area contributed by atoms with Crippen molar-refractivity contribution in [3.8, 4) is 5.75 Å². The molecule has 2 aromatic carbocycles. The van der Waals surface area contributed by atoms with Gasteiger partial charge < -0.3 is 4.74 Å². The first kappa shape index (κ1) is 22.7. The van der Waals surface area contributed by atoms with Gasteiger partial charge in [-0.1, -0.05) is 54.0 Å². The number of amides is 1. The minimum Gasteiger partial charge on any atom is -0.476 e. The number of benzene rings is 2. The standard InChI is InChI=1S/C22H20ClFN2O4S2/c23-14-9-11-15(12-10-14)30-20(21(27)26-22-25-13-19(24)31-22)17-7-3-4-8-18(17)32(28,29)16-5-1-2-6-16/h3-4,7-13,16,20H,1-2,5-6H2,(H,25,26,27). The van der Waals surface area contributed by atoms with Crippen LogP contribution >= 0.6 is 22.9 Å². The second-order valence-corrected chi connectivity index (χ2v) is 11.0. The highest BCUT2D eigenvalue weighted by molar-refractivity contribution is 7.92. The molecule has 1 heterocycles. The molecule has 6 nitrogen and oxygen atoms in total. The fraction of sp³-hybridized carbons (Fsp3) is 0.273. The fourth-order valence-electron chi connectivity index (χ4n) is 3.73. The van der Waals surface area contributed by atoms with Gasteiger partial charge in [0.2, 0.25) is 6.10 Å². The van der Waals surface area contributed by atoms with Gasteiger partial charge in [-0.15, -0.1) is 0 Å². The van der Waals surface area contributed by atoms with Crippen molar-refractivity contribution in [2.45, 2.75) is 41.9 Å². The predicted octanol–water partition coefficient (Wildman–Crippen LogP) is 5.41. The predicted molar refractivity (Wildman–Crippen MR) is 121 cm³/mol. The molecule has 1 aromatic heterocycles. The molecule has 1 aliphatic rings. The summed E-state index contributed by atoms with van der Waals surface area (Å²) in [5, 5.41) is 2.01. The molecule has 168 valence electrons. The van der Waals surface area contributed by atoms with E-state index >= 15 is 0 Å². The minimum atomic E-state index is -3.67. The highest BCUT2D eigenvalue weighted by Gasteiger charge is 2.36. The zero-order valence-electron chi connectivity index (χ0n) is 16.8. The zero-order valence-corrected chi connectivity index (χ0v) is 19.2. The summed E-state index contributed by atoms with van der Waals surface area (Å²) in [4.78, 5) is 17.0. The lowest BCUT2D eigenvalue weighted by Crippen LogP contribution is -2.28. The van der Waals surface area contributed by atoms with Gasteiger partial charge in [0.1, 0.15) is 5.75 Å². The SMILES string of the molecule is O=C(Nc1ncc(F)s1)C(Oc1ccc(Cl)cc1)c1ccccc1S(=O)(=O)C1CCCC1. The lowest BCUT2D eigenvalue weighted by atomic mass is 10.1. The first-order chi connectivity index (χ1) is 15.3. The monoisotopic (exact) mass is 494 g/mol. The number of ether oxygens (including phenoxy) is 1. The maximum Gasteiger partial charge on any atom is 0.272 e. The van der Waals surface area contributed by atoms with E-state index in [1.165, 1.54) is 6.07 Å². The highest BCUT2D eigenvalue weighted by Crippen LogP contribution is 2.35. The van der Waals surface area contributed by atoms with Crippen LogP contribution in [0.25, 0.3) is 0 Å². The van der Waals surface area contributed by atoms with Crippen molar-refractivity contribution in [3.05, 3.63) is 70.4 Å². The van der Waals surface area contributed by atoms with Crippen LogP contribution in [0.2, 0.25) is 5.02 Å². The Hall–Kier alpha value is -2.49. The van der Waals surface area contributed by atoms with Crippen LogP contribution in [0.15, 0.2) is 59.6 Å². The Morgan fingerprint density at radius 3 is 2.50 bits per heavy atom. The van der Waals surface area contributed by atoms with Gasteiger partial charge in [0, 0.05) is 10.6 Å². The van der Waals surface area contributed by atoms with E-state index in [0.717, 1.165) is 19.0 Å². The minimum absolute atomic E-state index is 0.0494. The molecule has 1 amide bonds. The Morgan fingerprint density at radius 2 is 1.84 bits per heavy atom. The van der Waals surface area contributed by atoms with Crippen LogP contribution in [0.4, 0.5) is 9.52 Å². The summed E-state index contributed by atoms with van der Waals surface area (Å²) in [6, 6.07) is 12.7. The van der Waals surface area contributed by atoms with Gasteiger partial charge in [0.25, 0.3) is 5.91 Å². The third kappa shape index (κ3) is 4.95. The lowest BCUT2D eigenvalue weighted by molar-refractivity contribution is -0.123. The van der Waals surface area contributed by atoms with Crippen LogP contribution in [0.3, 0.4) is 0 Å². The van der Waals surface area contributed by atoms with Gasteiger partial charge in [0.05, 0.1) is 16.3 Å². The molecule has 1 atom stereocenters. The van der Waals surface area contributed by atoms with Crippen LogP contribution in [-0.2, 0) is 14.6 Å². The summed E-state index contributed by atoms with van der Waals surface area (Å²) in [7, 11) is -3.67. The summed E-state index contributed by atoms with van der Waals surface area (Å²) >= 11 is 6.60. The summed E-state index contributed by atoms with van der Waals surface area (Å²) in [5.74, 6) is -0.337. The van der Waals surface area contributed by atoms with Crippen molar-refractivity contribution in [1.29, 1.82) is 0 Å². The molecule has 4 rings (SSSR count). The average Bonchev–Trinajstić information content (AvgIpc) is 3.46. The van der Waals surface area contributed by atoms with Crippen molar-refractivity contribution < 1.29 is 22.3 Å². The number of hydrogen-bond acceptors (Lipinski definition) is 6. The summed E-state index contributed by atoms with van der Waals surface area (Å²) in [6.45, 7) is 0. The third-order valence-corrected chi connectivity index (χ3v) is 8.55. The van der Waals surface area contributed by atoms with Crippen molar-refractivity contribution in [2.75, 3.05) is 5.32 Å². The average molecular weight is 495 g/mol. The molecule has 10 heteroatoms. The third-order valence-electron chi connectivity index (χ3n) is 5.26. The van der Waals surface area contributed by atoms with E-state index in [-0.39, 0.29) is 15.6 Å². The van der Waals surface area contributed by atoms with Gasteiger partial charge in [-0.2, -0.15) is 4.39 Å². The largest absolute Gasteiger partial charge is 0.476 e. The number of thiazole rings is 1. The van der Waals surface area contributed by atoms with Crippen LogP contribution in [-0.4, -0.2) is 24.6 Å². The summed E-state index contributed by atoms with van der Waals surface area (Å²) in [5.41, 5.74) is 0.212. The number of rotatable bonds is 7. The molecule has 0 bridgehead atoms. The van der Waals surface area contributed by atoms with E-state index in [2.05, 4.69) is 10.3 Å². The molecule has 0 saturated heterocycles. The molecule has 0 radical (unpaired) electrons. The number of aromatic nitrogens is 1. The number of anilines is 1. The van der Waals surface area contributed by atoms with Gasteiger partial charge >= 0.3 is 0 Å². The number of nitrogens with one attached hydrogen (secondary N) is 1. The van der Waals surface area contributed by atoms with Crippen LogP contribution < -0.4 is 10.1 Å². The van der Waals surface area contributed by atoms with Gasteiger partial charge in [-0.25, -0.2) is 13.4 Å². The quantitative estimate of drug-likeness (QED) is 0.474. The number of halogens is 2. The van der Waals surface area contributed by atoms with E-state index in [9.17, 15) is 17.6 Å². The van der Waals surface area contributed by atoms with Gasteiger partial charge in [-0.3, -0.25) is 10.1 Å². The Bertz CT molecular complexity index is 1210. The van der Waals surface area contributed by atoms with E-state index in [4.69, 9.17) is 16.3 Å². The second-order valence-electron chi connectivity index (χ2n) is 7.40. The first-order valence-corrected chi connectivity index (χ1v) is 12.8. The van der Waals surface area contributed by atoms with Crippen molar-refractivity contribution in [3.63, 3.8) is 0 Å². The Morgan fingerprint density at radius 1 is 1.16 bits per heavy atom. The van der Waals surface area contributed by atoms with Crippen LogP contribution in [0.1, 0.15) is 37.4 Å². The molecule has 1 aliphatic carbocycles. The number of hydrogen-bond donors (Lipinski definition) is 1. The molecule has 1 saturated carbocycles. The van der Waals surface area contributed by atoms with E-state index in [0.29, 0.717) is 35.0 Å². The molecule has 1 N–H and O–H groups in total. The Kier molecular flexibility index (Phi) is 6.78. The van der Waals surface area contributed by atoms with Gasteiger partial charge in [-0.05, 0) is 43.2 Å². The molecule has 0 aliphatic heterocycles. The Balaban J connectivity index is 1.74. The smallest absolute Gasteiger partial charge is 0.272 e. The van der Waals surface area contributed by atoms with E-state index in [1.54, 1.807) is 42.5 Å². The fourth-order valence-corrected chi connectivity index (χ4v) is 6.48. The van der Waals surface area contributed by atoms with Crippen molar-refractivity contribution >= 4 is 43.8 Å². The second kappa shape index (κ2) is 9.56. The Labute approximate surface area is 194 Å². The van der Waals surface area contributed by atoms with Crippen molar-refractivity contribution in [1.82, 2.24) is 4.98 Å². The first-order valence-electron chi connectivity index (χ1n) is 10.0. The van der Waals surface area contributed by atoms with E-state index < -0.39 is 32.2 Å². The number of carbonyl (C=O) groups is 1. The molecule has 1 unspecified atom stereocenters. The molecule has 0 spiro atoms. The lowest BCUT2D eigenvalue weighted by Gasteiger charge is -2.22. The molecular formula is C22H20ClFN2O4S2. The molecular weight excluding hydrogens is 475 g/mol. The van der Waals surface area contributed by atoms with E-state index in [1.807, 2.05) is 0 Å².